The van der Waals surface area contributed by atoms with Crippen LogP contribution in [0.15, 0.2) is 36.4 Å². The maximum atomic E-state index is 13.7. The molecule has 1 aromatic heterocycles. The number of aromatic nitrogens is 2. The third-order valence-corrected chi connectivity index (χ3v) is 4.95. The average molecular weight is 345 g/mol. The van der Waals surface area contributed by atoms with E-state index in [1.54, 1.807) is 18.2 Å². The van der Waals surface area contributed by atoms with Gasteiger partial charge in [-0.1, -0.05) is 36.2 Å². The monoisotopic (exact) mass is 344 g/mol. The number of hydrogen-bond donors (Lipinski definition) is 1. The van der Waals surface area contributed by atoms with Crippen LogP contribution in [0, 0.1) is 17.7 Å². The van der Waals surface area contributed by atoms with Gasteiger partial charge in [-0.25, -0.2) is 4.39 Å². The zero-order valence-electron chi connectivity index (χ0n) is 12.8. The van der Waals surface area contributed by atoms with E-state index in [1.807, 2.05) is 12.1 Å². The van der Waals surface area contributed by atoms with Gasteiger partial charge in [-0.15, -0.1) is 0 Å². The van der Waals surface area contributed by atoms with Gasteiger partial charge in [0.25, 0.3) is 0 Å². The van der Waals surface area contributed by atoms with E-state index in [1.165, 1.54) is 18.6 Å². The molecule has 0 bridgehead atoms. The summed E-state index contributed by atoms with van der Waals surface area (Å²) in [4.78, 5) is 0. The van der Waals surface area contributed by atoms with Gasteiger partial charge in [0, 0.05) is 0 Å². The van der Waals surface area contributed by atoms with Crippen molar-refractivity contribution in [2.45, 2.75) is 19.3 Å². The predicted octanol–water partition coefficient (Wildman–Crippen LogP) is 5.84. The number of nitrogens with zero attached hydrogens (tertiary/aromatic N) is 1. The second-order valence-corrected chi connectivity index (χ2v) is 6.57. The summed E-state index contributed by atoms with van der Waals surface area (Å²) in [6.07, 6.45) is 5.37. The fourth-order valence-electron chi connectivity index (χ4n) is 3.12. The summed E-state index contributed by atoms with van der Waals surface area (Å²) in [6, 6.07) is 9.93. The predicted molar refractivity (Wildman–Crippen MR) is 92.7 cm³/mol. The van der Waals surface area contributed by atoms with Crippen molar-refractivity contribution in [3.05, 3.63) is 64.3 Å². The van der Waals surface area contributed by atoms with E-state index in [0.717, 1.165) is 29.5 Å². The van der Waals surface area contributed by atoms with Gasteiger partial charge in [0.05, 0.1) is 15.9 Å². The van der Waals surface area contributed by atoms with Gasteiger partial charge < -0.3 is 0 Å². The molecular formula is C19H15ClF2N2. The van der Waals surface area contributed by atoms with Crippen molar-refractivity contribution >= 4 is 34.2 Å². The van der Waals surface area contributed by atoms with Gasteiger partial charge >= 0.3 is 0 Å². The number of rotatable bonds is 3. The SMILES string of the molecule is Fc1ccc(/C(=C/c2ccc3n[nH]c(F)c3c2)C2CCC2)c(Cl)c1. The minimum atomic E-state index is -0.440. The molecule has 24 heavy (non-hydrogen) atoms. The zero-order chi connectivity index (χ0) is 16.7. The molecule has 5 heteroatoms. The molecule has 1 aliphatic carbocycles. The molecule has 1 fully saturated rings. The Morgan fingerprint density at radius 2 is 2.00 bits per heavy atom. The van der Waals surface area contributed by atoms with E-state index >= 15 is 0 Å². The first-order valence-corrected chi connectivity index (χ1v) is 8.30. The van der Waals surface area contributed by atoms with E-state index in [2.05, 4.69) is 10.2 Å². The fourth-order valence-corrected chi connectivity index (χ4v) is 3.40. The van der Waals surface area contributed by atoms with Gasteiger partial charge in [0.15, 0.2) is 0 Å². The molecule has 0 aliphatic heterocycles. The molecule has 4 rings (SSSR count). The lowest BCUT2D eigenvalue weighted by Gasteiger charge is -2.29. The third-order valence-electron chi connectivity index (χ3n) is 4.64. The van der Waals surface area contributed by atoms with Crippen molar-refractivity contribution in [3.8, 4) is 0 Å². The lowest BCUT2D eigenvalue weighted by molar-refractivity contribution is 0.401. The van der Waals surface area contributed by atoms with Gasteiger partial charge in [-0.05, 0) is 59.7 Å². The first-order chi connectivity index (χ1) is 11.6. The Kier molecular flexibility index (Phi) is 3.85. The Bertz CT molecular complexity index is 942. The lowest BCUT2D eigenvalue weighted by Crippen LogP contribution is -2.13. The summed E-state index contributed by atoms with van der Waals surface area (Å²) >= 11 is 6.26. The van der Waals surface area contributed by atoms with Crippen LogP contribution >= 0.6 is 11.6 Å². The second-order valence-electron chi connectivity index (χ2n) is 6.17. The smallest absolute Gasteiger partial charge is 0.216 e. The maximum Gasteiger partial charge on any atom is 0.216 e. The number of benzene rings is 2. The Balaban J connectivity index is 1.82. The summed E-state index contributed by atoms with van der Waals surface area (Å²) < 4.78 is 27.1. The highest BCUT2D eigenvalue weighted by atomic mass is 35.5. The van der Waals surface area contributed by atoms with Crippen LogP contribution in [0.4, 0.5) is 8.78 Å². The van der Waals surface area contributed by atoms with Crippen LogP contribution in [0.3, 0.4) is 0 Å². The number of halogens is 3. The summed E-state index contributed by atoms with van der Waals surface area (Å²) in [5.74, 6) is -0.387. The highest BCUT2D eigenvalue weighted by molar-refractivity contribution is 6.32. The first-order valence-electron chi connectivity index (χ1n) is 7.92. The molecule has 2 nitrogen and oxygen atoms in total. The number of H-pyrrole nitrogens is 1. The fraction of sp³-hybridized carbons (Fsp3) is 0.211. The summed E-state index contributed by atoms with van der Waals surface area (Å²) in [5, 5.41) is 7.11. The highest BCUT2D eigenvalue weighted by Gasteiger charge is 2.24. The van der Waals surface area contributed by atoms with Crippen molar-refractivity contribution in [1.29, 1.82) is 0 Å². The molecule has 0 amide bonds. The number of aromatic amines is 1. The van der Waals surface area contributed by atoms with Crippen molar-refractivity contribution < 1.29 is 8.78 Å². The van der Waals surface area contributed by atoms with Crippen LogP contribution in [-0.4, -0.2) is 10.2 Å². The summed E-state index contributed by atoms with van der Waals surface area (Å²) in [6.45, 7) is 0. The van der Waals surface area contributed by atoms with Gasteiger partial charge in [0.2, 0.25) is 5.95 Å². The summed E-state index contributed by atoms with van der Waals surface area (Å²) in [7, 11) is 0. The molecule has 1 aliphatic rings. The van der Waals surface area contributed by atoms with Crippen molar-refractivity contribution in [2.24, 2.45) is 5.92 Å². The van der Waals surface area contributed by atoms with E-state index in [0.29, 0.717) is 21.8 Å². The molecule has 0 unspecified atom stereocenters. The number of hydrogen-bond acceptors (Lipinski definition) is 1. The molecule has 0 radical (unpaired) electrons. The number of fused-ring (bicyclic) bond motifs is 1. The normalized spacial score (nSPS) is 15.7. The van der Waals surface area contributed by atoms with Gasteiger partial charge in [-0.2, -0.15) is 9.49 Å². The lowest BCUT2D eigenvalue weighted by atomic mass is 9.76. The van der Waals surface area contributed by atoms with Crippen LogP contribution in [0.5, 0.6) is 0 Å². The van der Waals surface area contributed by atoms with Gasteiger partial charge in [-0.3, -0.25) is 5.10 Å². The molecule has 0 saturated heterocycles. The molecule has 3 aromatic rings. The first kappa shape index (κ1) is 15.3. The van der Waals surface area contributed by atoms with Crippen molar-refractivity contribution in [2.75, 3.05) is 0 Å². The molecule has 1 saturated carbocycles. The molecule has 0 spiro atoms. The molecule has 2 aromatic carbocycles. The van der Waals surface area contributed by atoms with E-state index < -0.39 is 5.95 Å². The Hall–Kier alpha value is -2.20. The van der Waals surface area contributed by atoms with E-state index in [9.17, 15) is 8.78 Å². The van der Waals surface area contributed by atoms with Crippen molar-refractivity contribution in [1.82, 2.24) is 10.2 Å². The van der Waals surface area contributed by atoms with Crippen LogP contribution < -0.4 is 0 Å². The zero-order valence-corrected chi connectivity index (χ0v) is 13.6. The van der Waals surface area contributed by atoms with Crippen LogP contribution in [-0.2, 0) is 0 Å². The number of allylic oxidation sites excluding steroid dienone is 1. The molecule has 122 valence electrons. The third kappa shape index (κ3) is 2.71. The van der Waals surface area contributed by atoms with Crippen molar-refractivity contribution in [3.63, 3.8) is 0 Å². The maximum absolute atomic E-state index is 13.7. The van der Waals surface area contributed by atoms with Crippen LogP contribution in [0.25, 0.3) is 22.6 Å². The largest absolute Gasteiger partial charge is 0.252 e. The van der Waals surface area contributed by atoms with E-state index in [4.69, 9.17) is 11.6 Å². The molecule has 1 N–H and O–H groups in total. The average Bonchev–Trinajstić information content (AvgIpc) is 2.86. The minimum absolute atomic E-state index is 0.349. The standard InChI is InChI=1S/C19H15ClF2N2/c20-17-10-13(21)5-6-14(17)15(12-2-1-3-12)8-11-4-7-18-16(9-11)19(22)24-23-18/h4-10,12H,1-3H2,(H,23,24)/b15-8+. The minimum Gasteiger partial charge on any atom is -0.252 e. The Morgan fingerprint density at radius 1 is 1.17 bits per heavy atom. The Morgan fingerprint density at radius 3 is 2.71 bits per heavy atom. The molecule has 1 heterocycles. The second kappa shape index (κ2) is 6.02. The quantitative estimate of drug-likeness (QED) is 0.594. The topological polar surface area (TPSA) is 28.7 Å². The van der Waals surface area contributed by atoms with Gasteiger partial charge in [0.1, 0.15) is 5.82 Å². The molecule has 0 atom stereocenters. The number of nitrogens with one attached hydrogen (secondary N) is 1. The summed E-state index contributed by atoms with van der Waals surface area (Å²) in [5.41, 5.74) is 3.39. The molecular weight excluding hydrogens is 330 g/mol. The van der Waals surface area contributed by atoms with Crippen LogP contribution in [0.1, 0.15) is 30.4 Å². The van der Waals surface area contributed by atoms with Crippen LogP contribution in [0.2, 0.25) is 5.02 Å². The Labute approximate surface area is 143 Å². The van der Waals surface area contributed by atoms with E-state index in [-0.39, 0.29) is 5.82 Å². The highest BCUT2D eigenvalue weighted by Crippen LogP contribution is 2.42.